The van der Waals surface area contributed by atoms with Crippen molar-refractivity contribution in [1.29, 1.82) is 0 Å². The highest BCUT2D eigenvalue weighted by Crippen LogP contribution is 2.28. The molecule has 0 bridgehead atoms. The highest BCUT2D eigenvalue weighted by Gasteiger charge is 2.15. The summed E-state index contributed by atoms with van der Waals surface area (Å²) in [5.74, 6) is 0.773. The normalized spacial score (nSPS) is 11.2. The van der Waals surface area contributed by atoms with E-state index < -0.39 is 0 Å². The van der Waals surface area contributed by atoms with Gasteiger partial charge in [-0.1, -0.05) is 69.7 Å². The second-order valence-corrected chi connectivity index (χ2v) is 7.07. The van der Waals surface area contributed by atoms with Gasteiger partial charge >= 0.3 is 0 Å². The minimum absolute atomic E-state index is 0.773. The SMILES string of the molecule is Brc1ccccc1-c1nnc2sc(CCc3ccccc3)nn12. The average Bonchev–Trinajstić information content (AvgIpc) is 3.15. The van der Waals surface area contributed by atoms with Crippen molar-refractivity contribution in [1.82, 2.24) is 19.8 Å². The van der Waals surface area contributed by atoms with E-state index in [1.54, 1.807) is 11.3 Å². The van der Waals surface area contributed by atoms with Crippen molar-refractivity contribution in [3.05, 3.63) is 69.6 Å². The van der Waals surface area contributed by atoms with Gasteiger partial charge in [-0.25, -0.2) is 0 Å². The molecule has 0 aliphatic rings. The van der Waals surface area contributed by atoms with Gasteiger partial charge in [0.1, 0.15) is 5.01 Å². The van der Waals surface area contributed by atoms with Crippen molar-refractivity contribution < 1.29 is 0 Å². The van der Waals surface area contributed by atoms with Crippen LogP contribution in [0.5, 0.6) is 0 Å². The first kappa shape index (κ1) is 14.5. The van der Waals surface area contributed by atoms with E-state index in [2.05, 4.69) is 50.4 Å². The van der Waals surface area contributed by atoms with Gasteiger partial charge < -0.3 is 0 Å². The maximum absolute atomic E-state index is 4.69. The molecule has 4 aromatic rings. The van der Waals surface area contributed by atoms with Gasteiger partial charge in [0.25, 0.3) is 0 Å². The second-order valence-electron chi connectivity index (χ2n) is 5.18. The lowest BCUT2D eigenvalue weighted by Crippen LogP contribution is -1.95. The first-order chi connectivity index (χ1) is 11.3. The fourth-order valence-electron chi connectivity index (χ4n) is 2.46. The summed E-state index contributed by atoms with van der Waals surface area (Å²) in [5, 5.41) is 14.3. The number of fused-ring (bicyclic) bond motifs is 1. The van der Waals surface area contributed by atoms with Crippen LogP contribution in [0.4, 0.5) is 0 Å². The Balaban J connectivity index is 1.63. The molecule has 6 heteroatoms. The molecule has 0 saturated carbocycles. The van der Waals surface area contributed by atoms with Crippen molar-refractivity contribution in [2.45, 2.75) is 12.8 Å². The van der Waals surface area contributed by atoms with Gasteiger partial charge in [-0.3, -0.25) is 0 Å². The summed E-state index contributed by atoms with van der Waals surface area (Å²) in [6, 6.07) is 18.5. The van der Waals surface area contributed by atoms with Crippen molar-refractivity contribution >= 4 is 32.2 Å². The van der Waals surface area contributed by atoms with Crippen molar-refractivity contribution in [3.8, 4) is 11.4 Å². The second kappa shape index (κ2) is 6.22. The minimum Gasteiger partial charge on any atom is -0.183 e. The molecule has 23 heavy (non-hydrogen) atoms. The van der Waals surface area contributed by atoms with Crippen LogP contribution in [0.1, 0.15) is 10.6 Å². The molecule has 2 aromatic carbocycles. The van der Waals surface area contributed by atoms with E-state index >= 15 is 0 Å². The Bertz CT molecular complexity index is 946. The molecule has 0 fully saturated rings. The first-order valence-corrected chi connectivity index (χ1v) is 8.92. The van der Waals surface area contributed by atoms with Crippen LogP contribution in [0.25, 0.3) is 16.3 Å². The van der Waals surface area contributed by atoms with Gasteiger partial charge in [-0.05, 0) is 24.1 Å². The summed E-state index contributed by atoms with van der Waals surface area (Å²) < 4.78 is 2.83. The van der Waals surface area contributed by atoms with Crippen LogP contribution in [-0.4, -0.2) is 19.8 Å². The number of nitrogens with zero attached hydrogens (tertiary/aromatic N) is 4. The summed E-state index contributed by atoms with van der Waals surface area (Å²) in [5.41, 5.74) is 2.32. The molecule has 0 amide bonds. The predicted molar refractivity (Wildman–Crippen MR) is 95.6 cm³/mol. The van der Waals surface area contributed by atoms with Crippen LogP contribution >= 0.6 is 27.3 Å². The van der Waals surface area contributed by atoms with E-state index in [-0.39, 0.29) is 0 Å². The van der Waals surface area contributed by atoms with E-state index in [0.29, 0.717) is 0 Å². The minimum atomic E-state index is 0.773. The molecule has 0 atom stereocenters. The molecule has 0 radical (unpaired) electrons. The van der Waals surface area contributed by atoms with Gasteiger partial charge in [-0.2, -0.15) is 9.61 Å². The van der Waals surface area contributed by atoms with Gasteiger partial charge in [-0.15, -0.1) is 10.2 Å². The number of hydrogen-bond donors (Lipinski definition) is 0. The fourth-order valence-corrected chi connectivity index (χ4v) is 3.76. The smallest absolute Gasteiger partial charge is 0.183 e. The zero-order valence-electron chi connectivity index (χ0n) is 12.2. The first-order valence-electron chi connectivity index (χ1n) is 7.31. The van der Waals surface area contributed by atoms with Crippen LogP contribution in [0.15, 0.2) is 59.1 Å². The van der Waals surface area contributed by atoms with Gasteiger partial charge in [0.2, 0.25) is 4.96 Å². The zero-order valence-corrected chi connectivity index (χ0v) is 14.6. The Labute approximate surface area is 145 Å². The van der Waals surface area contributed by atoms with Gasteiger partial charge in [0.05, 0.1) is 0 Å². The molecule has 2 aromatic heterocycles. The lowest BCUT2D eigenvalue weighted by Gasteiger charge is -2.00. The number of hydrogen-bond acceptors (Lipinski definition) is 4. The topological polar surface area (TPSA) is 43.1 Å². The molecule has 4 nitrogen and oxygen atoms in total. The molecule has 0 unspecified atom stereocenters. The third kappa shape index (κ3) is 2.92. The summed E-state index contributed by atoms with van der Waals surface area (Å²) in [4.78, 5) is 0.832. The predicted octanol–water partition coefficient (Wildman–Crippen LogP) is 4.40. The zero-order chi connectivity index (χ0) is 15.6. The molecule has 114 valence electrons. The highest BCUT2D eigenvalue weighted by molar-refractivity contribution is 9.10. The molecule has 0 aliphatic carbocycles. The lowest BCUT2D eigenvalue weighted by molar-refractivity contribution is 0.865. The Morgan fingerprint density at radius 1 is 0.913 bits per heavy atom. The van der Waals surface area contributed by atoms with E-state index in [9.17, 15) is 0 Å². The Morgan fingerprint density at radius 3 is 2.52 bits per heavy atom. The fraction of sp³-hybridized carbons (Fsp3) is 0.118. The van der Waals surface area contributed by atoms with Gasteiger partial charge in [0, 0.05) is 16.5 Å². The molecule has 4 rings (SSSR count). The summed E-state index contributed by atoms with van der Waals surface area (Å²) >= 11 is 5.17. The maximum Gasteiger partial charge on any atom is 0.234 e. The molecular weight excluding hydrogens is 372 g/mol. The number of aromatic nitrogens is 4. The largest absolute Gasteiger partial charge is 0.234 e. The molecule has 2 heterocycles. The number of benzene rings is 2. The number of rotatable bonds is 4. The Hall–Kier alpha value is -2.05. The van der Waals surface area contributed by atoms with Crippen molar-refractivity contribution in [3.63, 3.8) is 0 Å². The van der Waals surface area contributed by atoms with E-state index in [0.717, 1.165) is 38.7 Å². The molecule has 0 N–H and O–H groups in total. The molecule has 0 saturated heterocycles. The maximum atomic E-state index is 4.69. The summed E-state index contributed by atoms with van der Waals surface area (Å²) in [7, 11) is 0. The van der Waals surface area contributed by atoms with Crippen LogP contribution in [-0.2, 0) is 12.8 Å². The Morgan fingerprint density at radius 2 is 1.70 bits per heavy atom. The van der Waals surface area contributed by atoms with Gasteiger partial charge in [0.15, 0.2) is 5.82 Å². The highest BCUT2D eigenvalue weighted by atomic mass is 79.9. The number of halogens is 1. The van der Waals surface area contributed by atoms with E-state index in [1.165, 1.54) is 5.56 Å². The third-order valence-corrected chi connectivity index (χ3v) is 5.27. The molecule has 0 aliphatic heterocycles. The monoisotopic (exact) mass is 384 g/mol. The lowest BCUT2D eigenvalue weighted by atomic mass is 10.1. The molecule has 0 spiro atoms. The quantitative estimate of drug-likeness (QED) is 0.523. The van der Waals surface area contributed by atoms with Crippen molar-refractivity contribution in [2.24, 2.45) is 0 Å². The van der Waals surface area contributed by atoms with Crippen LogP contribution in [0, 0.1) is 0 Å². The van der Waals surface area contributed by atoms with E-state index in [1.807, 2.05) is 34.8 Å². The average molecular weight is 385 g/mol. The van der Waals surface area contributed by atoms with Crippen LogP contribution in [0.3, 0.4) is 0 Å². The Kier molecular flexibility index (Phi) is 3.93. The van der Waals surface area contributed by atoms with Crippen LogP contribution in [0.2, 0.25) is 0 Å². The standard InChI is InChI=1S/C17H13BrN4S/c18-14-9-5-4-8-13(14)16-19-20-17-22(16)21-15(23-17)11-10-12-6-2-1-3-7-12/h1-9H,10-11H2. The summed E-state index contributed by atoms with van der Waals surface area (Å²) in [6.45, 7) is 0. The van der Waals surface area contributed by atoms with E-state index in [4.69, 9.17) is 5.10 Å². The van der Waals surface area contributed by atoms with Crippen LogP contribution < -0.4 is 0 Å². The molecular formula is C17H13BrN4S. The van der Waals surface area contributed by atoms with Crippen molar-refractivity contribution in [2.75, 3.05) is 0 Å². The summed E-state index contributed by atoms with van der Waals surface area (Å²) in [6.07, 6.45) is 1.89. The third-order valence-electron chi connectivity index (χ3n) is 3.62. The number of aryl methyl sites for hydroxylation is 2.